The number of nitrogens with zero attached hydrogens (tertiary/aromatic N) is 2. The number of carbonyl (C=O) groups is 1. The highest BCUT2D eigenvalue weighted by Crippen LogP contribution is 2.27. The summed E-state index contributed by atoms with van der Waals surface area (Å²) in [5.41, 5.74) is 0.884. The van der Waals surface area contributed by atoms with Crippen molar-refractivity contribution in [2.75, 3.05) is 24.2 Å². The van der Waals surface area contributed by atoms with E-state index in [1.54, 1.807) is 24.2 Å². The van der Waals surface area contributed by atoms with Crippen LogP contribution in [0.25, 0.3) is 0 Å². The van der Waals surface area contributed by atoms with Crippen molar-refractivity contribution in [2.24, 2.45) is 0 Å². The van der Waals surface area contributed by atoms with Crippen molar-refractivity contribution in [1.82, 2.24) is 9.88 Å². The number of para-hydroxylation sites is 1. The number of aromatic nitrogens is 1. The summed E-state index contributed by atoms with van der Waals surface area (Å²) in [7, 11) is 0. The van der Waals surface area contributed by atoms with Crippen LogP contribution in [0.2, 0.25) is 0 Å². The van der Waals surface area contributed by atoms with Crippen molar-refractivity contribution < 1.29 is 9.53 Å². The SMILES string of the molecule is CCSc1ccccc1NC(=O)N1CCC(Oc2ccncc2)CC1. The van der Waals surface area contributed by atoms with E-state index in [-0.39, 0.29) is 12.1 Å². The summed E-state index contributed by atoms with van der Waals surface area (Å²) in [6.07, 6.45) is 5.27. The lowest BCUT2D eigenvalue weighted by Gasteiger charge is -2.32. The number of piperidine rings is 1. The van der Waals surface area contributed by atoms with Crippen LogP contribution in [0.1, 0.15) is 19.8 Å². The van der Waals surface area contributed by atoms with E-state index in [2.05, 4.69) is 17.2 Å². The minimum atomic E-state index is -0.0356. The molecule has 0 spiro atoms. The van der Waals surface area contributed by atoms with Crippen molar-refractivity contribution in [2.45, 2.75) is 30.8 Å². The van der Waals surface area contributed by atoms with Gasteiger partial charge in [-0.05, 0) is 30.0 Å². The number of nitrogens with one attached hydrogen (secondary N) is 1. The number of urea groups is 1. The number of carbonyl (C=O) groups excluding carboxylic acids is 1. The molecular weight excluding hydrogens is 334 g/mol. The summed E-state index contributed by atoms with van der Waals surface area (Å²) in [5, 5.41) is 3.05. The van der Waals surface area contributed by atoms with Gasteiger partial charge in [0.25, 0.3) is 0 Å². The fourth-order valence-corrected chi connectivity index (χ4v) is 3.59. The predicted octanol–water partition coefficient (Wildman–Crippen LogP) is 4.27. The largest absolute Gasteiger partial charge is 0.490 e. The van der Waals surface area contributed by atoms with E-state index in [4.69, 9.17) is 4.74 Å². The van der Waals surface area contributed by atoms with E-state index in [9.17, 15) is 4.79 Å². The van der Waals surface area contributed by atoms with E-state index in [1.807, 2.05) is 41.3 Å². The van der Waals surface area contributed by atoms with Crippen LogP contribution in [0, 0.1) is 0 Å². The Kier molecular flexibility index (Phi) is 6.17. The van der Waals surface area contributed by atoms with Crippen LogP contribution in [-0.4, -0.2) is 40.9 Å². The van der Waals surface area contributed by atoms with Gasteiger partial charge in [-0.25, -0.2) is 4.79 Å². The van der Waals surface area contributed by atoms with Crippen LogP contribution in [-0.2, 0) is 0 Å². The quantitative estimate of drug-likeness (QED) is 0.812. The minimum Gasteiger partial charge on any atom is -0.490 e. The Morgan fingerprint density at radius 3 is 2.68 bits per heavy atom. The van der Waals surface area contributed by atoms with Gasteiger partial charge >= 0.3 is 6.03 Å². The zero-order chi connectivity index (χ0) is 17.5. The van der Waals surface area contributed by atoms with Crippen molar-refractivity contribution in [1.29, 1.82) is 0 Å². The Hall–Kier alpha value is -2.21. The summed E-state index contributed by atoms with van der Waals surface area (Å²) < 4.78 is 5.95. The van der Waals surface area contributed by atoms with Crippen molar-refractivity contribution in [3.8, 4) is 5.75 Å². The van der Waals surface area contributed by atoms with Crippen molar-refractivity contribution in [3.05, 3.63) is 48.8 Å². The summed E-state index contributed by atoms with van der Waals surface area (Å²) in [4.78, 5) is 19.5. The van der Waals surface area contributed by atoms with Crippen LogP contribution in [0.3, 0.4) is 0 Å². The molecule has 0 saturated carbocycles. The molecule has 1 N–H and O–H groups in total. The molecule has 3 rings (SSSR count). The van der Waals surface area contributed by atoms with Gasteiger partial charge in [0.15, 0.2) is 0 Å². The Labute approximate surface area is 152 Å². The number of hydrogen-bond acceptors (Lipinski definition) is 4. The van der Waals surface area contributed by atoms with Gasteiger partial charge in [0.05, 0.1) is 5.69 Å². The standard InChI is InChI=1S/C19H23N3O2S/c1-2-25-18-6-4-3-5-17(18)21-19(23)22-13-9-16(10-14-22)24-15-7-11-20-12-8-15/h3-8,11-12,16H,2,9-10,13-14H2,1H3,(H,21,23). The molecule has 25 heavy (non-hydrogen) atoms. The maximum Gasteiger partial charge on any atom is 0.321 e. The zero-order valence-electron chi connectivity index (χ0n) is 14.4. The highest BCUT2D eigenvalue weighted by atomic mass is 32.2. The molecule has 0 radical (unpaired) electrons. The van der Waals surface area contributed by atoms with E-state index in [0.29, 0.717) is 13.1 Å². The van der Waals surface area contributed by atoms with Gasteiger partial charge < -0.3 is 15.0 Å². The lowest BCUT2D eigenvalue weighted by Crippen LogP contribution is -2.43. The van der Waals surface area contributed by atoms with Crippen molar-refractivity contribution in [3.63, 3.8) is 0 Å². The van der Waals surface area contributed by atoms with Crippen molar-refractivity contribution >= 4 is 23.5 Å². The van der Waals surface area contributed by atoms with Gasteiger partial charge in [-0.2, -0.15) is 0 Å². The second-order valence-corrected chi connectivity index (χ2v) is 7.15. The molecule has 1 fully saturated rings. The molecule has 0 aliphatic carbocycles. The molecule has 0 unspecified atom stereocenters. The first kappa shape index (κ1) is 17.6. The third-order valence-corrected chi connectivity index (χ3v) is 5.07. The van der Waals surface area contributed by atoms with Crippen LogP contribution in [0.5, 0.6) is 5.75 Å². The molecule has 0 atom stereocenters. The number of hydrogen-bond donors (Lipinski definition) is 1. The number of ether oxygens (including phenoxy) is 1. The monoisotopic (exact) mass is 357 g/mol. The first-order chi connectivity index (χ1) is 12.3. The molecule has 2 amide bonds. The molecule has 1 aromatic heterocycles. The molecule has 132 valence electrons. The minimum absolute atomic E-state index is 0.0356. The predicted molar refractivity (Wildman–Crippen MR) is 101 cm³/mol. The maximum atomic E-state index is 12.5. The van der Waals surface area contributed by atoms with Crippen LogP contribution < -0.4 is 10.1 Å². The number of likely N-dealkylation sites (tertiary alicyclic amines) is 1. The summed E-state index contributed by atoms with van der Waals surface area (Å²) in [6.45, 7) is 3.51. The fourth-order valence-electron chi connectivity index (χ4n) is 2.83. The van der Waals surface area contributed by atoms with Crippen LogP contribution >= 0.6 is 11.8 Å². The topological polar surface area (TPSA) is 54.5 Å². The molecule has 6 heteroatoms. The molecule has 1 aliphatic rings. The third kappa shape index (κ3) is 4.89. The molecule has 2 aromatic rings. The molecule has 0 bridgehead atoms. The summed E-state index contributed by atoms with van der Waals surface area (Å²) in [6, 6.07) is 11.6. The molecule has 1 aliphatic heterocycles. The first-order valence-electron chi connectivity index (χ1n) is 8.60. The maximum absolute atomic E-state index is 12.5. The van der Waals surface area contributed by atoms with Gasteiger partial charge in [-0.15, -0.1) is 11.8 Å². The van der Waals surface area contributed by atoms with Gasteiger partial charge in [-0.1, -0.05) is 19.1 Å². The lowest BCUT2D eigenvalue weighted by molar-refractivity contribution is 0.115. The third-order valence-electron chi connectivity index (χ3n) is 4.11. The lowest BCUT2D eigenvalue weighted by atomic mass is 10.1. The Morgan fingerprint density at radius 1 is 1.24 bits per heavy atom. The number of anilines is 1. The average molecular weight is 357 g/mol. The number of pyridine rings is 1. The van der Waals surface area contributed by atoms with Gasteiger partial charge in [0.2, 0.25) is 0 Å². The number of benzene rings is 1. The van der Waals surface area contributed by atoms with E-state index in [1.165, 1.54) is 0 Å². The number of rotatable bonds is 5. The molecule has 5 nitrogen and oxygen atoms in total. The summed E-state index contributed by atoms with van der Waals surface area (Å²) in [5.74, 6) is 1.81. The molecule has 1 saturated heterocycles. The van der Waals surface area contributed by atoms with E-state index in [0.717, 1.165) is 34.9 Å². The van der Waals surface area contributed by atoms with Crippen LogP contribution in [0.15, 0.2) is 53.7 Å². The Balaban J connectivity index is 1.52. The van der Waals surface area contributed by atoms with Gasteiger partial charge in [-0.3, -0.25) is 4.98 Å². The van der Waals surface area contributed by atoms with Gasteiger partial charge in [0, 0.05) is 43.2 Å². The number of thioether (sulfide) groups is 1. The summed E-state index contributed by atoms with van der Waals surface area (Å²) >= 11 is 1.73. The second kappa shape index (κ2) is 8.76. The highest BCUT2D eigenvalue weighted by molar-refractivity contribution is 7.99. The average Bonchev–Trinajstić information content (AvgIpc) is 2.65. The number of amides is 2. The first-order valence-corrected chi connectivity index (χ1v) is 9.59. The molecule has 2 heterocycles. The van der Waals surface area contributed by atoms with E-state index >= 15 is 0 Å². The Morgan fingerprint density at radius 2 is 1.96 bits per heavy atom. The van der Waals surface area contributed by atoms with Crippen LogP contribution in [0.4, 0.5) is 10.5 Å². The second-order valence-electron chi connectivity index (χ2n) is 5.85. The Bertz CT molecular complexity index is 688. The molecular formula is C19H23N3O2S. The fraction of sp³-hybridized carbons (Fsp3) is 0.368. The zero-order valence-corrected chi connectivity index (χ0v) is 15.2. The smallest absolute Gasteiger partial charge is 0.321 e. The highest BCUT2D eigenvalue weighted by Gasteiger charge is 2.24. The normalized spacial score (nSPS) is 15.0. The van der Waals surface area contributed by atoms with Gasteiger partial charge in [0.1, 0.15) is 11.9 Å². The molecule has 1 aromatic carbocycles. The van der Waals surface area contributed by atoms with E-state index < -0.39 is 0 Å².